The number of methoxy groups -OCH3 is 1. The topological polar surface area (TPSA) is 55.8 Å². The van der Waals surface area contributed by atoms with Crippen LogP contribution in [0.15, 0.2) is 0 Å². The van der Waals surface area contributed by atoms with Crippen molar-refractivity contribution in [3.63, 3.8) is 0 Å². The second kappa shape index (κ2) is 2.70. The van der Waals surface area contributed by atoms with Crippen molar-refractivity contribution in [2.24, 2.45) is 23.7 Å². The summed E-state index contributed by atoms with van der Waals surface area (Å²) < 4.78 is 10.3. The SMILES string of the molecule is CO[C@H]1[C@@H](O)[C@@H]2C[C@@H]1[C@@H]1COC(=O)[C@H]21. The Morgan fingerprint density at radius 2 is 2.21 bits per heavy atom. The van der Waals surface area contributed by atoms with Gasteiger partial charge >= 0.3 is 5.97 Å². The normalized spacial score (nSPS) is 54.9. The molecule has 0 aromatic carbocycles. The highest BCUT2D eigenvalue weighted by atomic mass is 16.5. The Labute approximate surface area is 82.2 Å². The molecule has 2 bridgehead atoms. The van der Waals surface area contributed by atoms with Gasteiger partial charge in [-0.1, -0.05) is 0 Å². The zero-order valence-electron chi connectivity index (χ0n) is 8.05. The number of esters is 1. The molecule has 3 rings (SSSR count). The van der Waals surface area contributed by atoms with Gasteiger partial charge in [-0.25, -0.2) is 0 Å². The van der Waals surface area contributed by atoms with Crippen LogP contribution < -0.4 is 0 Å². The number of rotatable bonds is 1. The molecule has 0 unspecified atom stereocenters. The standard InChI is InChI=1S/C10H14O4/c1-13-9-4-2-5(8(9)11)7-6(4)3-14-10(7)12/h4-9,11H,2-3H2,1H3/t4-,5-,6+,7-,8+,9-/m1/s1. The first-order valence-electron chi connectivity index (χ1n) is 5.11. The molecule has 0 amide bonds. The lowest BCUT2D eigenvalue weighted by Gasteiger charge is -2.31. The van der Waals surface area contributed by atoms with Crippen molar-refractivity contribution in [1.82, 2.24) is 0 Å². The van der Waals surface area contributed by atoms with Crippen LogP contribution in [0.25, 0.3) is 0 Å². The van der Waals surface area contributed by atoms with Crippen molar-refractivity contribution in [1.29, 1.82) is 0 Å². The summed E-state index contributed by atoms with van der Waals surface area (Å²) in [5.41, 5.74) is 0. The first-order valence-corrected chi connectivity index (χ1v) is 5.11. The molecule has 3 aliphatic rings. The Balaban J connectivity index is 1.92. The molecule has 1 saturated heterocycles. The Morgan fingerprint density at radius 1 is 1.43 bits per heavy atom. The number of carbonyl (C=O) groups is 1. The monoisotopic (exact) mass is 198 g/mol. The van der Waals surface area contributed by atoms with Gasteiger partial charge in [0.15, 0.2) is 0 Å². The number of fused-ring (bicyclic) bond motifs is 5. The van der Waals surface area contributed by atoms with E-state index in [1.54, 1.807) is 7.11 Å². The molecule has 1 heterocycles. The van der Waals surface area contributed by atoms with Crippen LogP contribution in [0, 0.1) is 23.7 Å². The molecule has 2 aliphatic carbocycles. The van der Waals surface area contributed by atoms with Crippen molar-refractivity contribution in [3.05, 3.63) is 0 Å². The summed E-state index contributed by atoms with van der Waals surface area (Å²) in [5, 5.41) is 9.91. The summed E-state index contributed by atoms with van der Waals surface area (Å²) in [5.74, 6) is 0.514. The molecule has 0 spiro atoms. The third kappa shape index (κ3) is 0.834. The van der Waals surface area contributed by atoms with Crippen LogP contribution in [-0.2, 0) is 14.3 Å². The maximum absolute atomic E-state index is 11.4. The summed E-state index contributed by atoms with van der Waals surface area (Å²) in [4.78, 5) is 11.4. The third-order valence-corrected chi connectivity index (χ3v) is 4.18. The van der Waals surface area contributed by atoms with Crippen LogP contribution >= 0.6 is 0 Å². The van der Waals surface area contributed by atoms with Crippen LogP contribution in [0.5, 0.6) is 0 Å². The molecule has 1 N–H and O–H groups in total. The summed E-state index contributed by atoms with van der Waals surface area (Å²) in [6, 6.07) is 0. The van der Waals surface area contributed by atoms with Crippen LogP contribution in [0.2, 0.25) is 0 Å². The van der Waals surface area contributed by atoms with E-state index >= 15 is 0 Å². The van der Waals surface area contributed by atoms with Crippen molar-refractivity contribution in [2.75, 3.05) is 13.7 Å². The highest BCUT2D eigenvalue weighted by Gasteiger charge is 2.63. The molecule has 1 aliphatic heterocycles. The second-order valence-corrected chi connectivity index (χ2v) is 4.57. The highest BCUT2D eigenvalue weighted by Crippen LogP contribution is 2.55. The Morgan fingerprint density at radius 3 is 2.93 bits per heavy atom. The van der Waals surface area contributed by atoms with Gasteiger partial charge < -0.3 is 14.6 Å². The van der Waals surface area contributed by atoms with E-state index in [0.717, 1.165) is 6.42 Å². The van der Waals surface area contributed by atoms with Gasteiger partial charge in [-0.2, -0.15) is 0 Å². The van der Waals surface area contributed by atoms with E-state index in [-0.39, 0.29) is 23.9 Å². The average molecular weight is 198 g/mol. The first-order chi connectivity index (χ1) is 6.74. The van der Waals surface area contributed by atoms with E-state index in [4.69, 9.17) is 9.47 Å². The van der Waals surface area contributed by atoms with Crippen LogP contribution in [0.4, 0.5) is 0 Å². The number of hydrogen-bond acceptors (Lipinski definition) is 4. The maximum Gasteiger partial charge on any atom is 0.309 e. The summed E-state index contributed by atoms with van der Waals surface area (Å²) >= 11 is 0. The Hall–Kier alpha value is -0.610. The second-order valence-electron chi connectivity index (χ2n) is 4.57. The highest BCUT2D eigenvalue weighted by molar-refractivity contribution is 5.76. The van der Waals surface area contributed by atoms with Crippen molar-refractivity contribution in [3.8, 4) is 0 Å². The molecule has 2 saturated carbocycles. The maximum atomic E-state index is 11.4. The largest absolute Gasteiger partial charge is 0.465 e. The van der Waals surface area contributed by atoms with Gasteiger partial charge in [-0.05, 0) is 12.3 Å². The van der Waals surface area contributed by atoms with Gasteiger partial charge in [0.2, 0.25) is 0 Å². The number of hydrogen-bond donors (Lipinski definition) is 1. The average Bonchev–Trinajstić information content (AvgIpc) is 2.77. The van der Waals surface area contributed by atoms with Crippen LogP contribution in [0.3, 0.4) is 0 Å². The lowest BCUT2D eigenvalue weighted by molar-refractivity contribution is -0.144. The van der Waals surface area contributed by atoms with Crippen LogP contribution in [0.1, 0.15) is 6.42 Å². The van der Waals surface area contributed by atoms with Gasteiger partial charge in [0.1, 0.15) is 0 Å². The molecule has 0 aromatic rings. The van der Waals surface area contributed by atoms with Crippen molar-refractivity contribution in [2.45, 2.75) is 18.6 Å². The third-order valence-electron chi connectivity index (χ3n) is 4.18. The zero-order valence-corrected chi connectivity index (χ0v) is 8.05. The number of ether oxygens (including phenoxy) is 2. The lowest BCUT2D eigenvalue weighted by atomic mass is 9.78. The molecule has 0 aromatic heterocycles. The summed E-state index contributed by atoms with van der Waals surface area (Å²) in [6.07, 6.45) is 0.358. The molecule has 4 nitrogen and oxygen atoms in total. The summed E-state index contributed by atoms with van der Waals surface area (Å²) in [6.45, 7) is 0.525. The lowest BCUT2D eigenvalue weighted by Crippen LogP contribution is -2.43. The Bertz CT molecular complexity index is 277. The minimum absolute atomic E-state index is 0.0543. The van der Waals surface area contributed by atoms with Gasteiger partial charge in [0.25, 0.3) is 0 Å². The summed E-state index contributed by atoms with van der Waals surface area (Å²) in [7, 11) is 1.63. The smallest absolute Gasteiger partial charge is 0.309 e. The fourth-order valence-electron chi connectivity index (χ4n) is 3.61. The van der Waals surface area contributed by atoms with E-state index in [0.29, 0.717) is 18.4 Å². The Kier molecular flexibility index (Phi) is 1.67. The molecule has 6 atom stereocenters. The molecule has 0 radical (unpaired) electrons. The predicted molar refractivity (Wildman–Crippen MR) is 46.3 cm³/mol. The van der Waals surface area contributed by atoms with Crippen LogP contribution in [-0.4, -0.2) is 37.0 Å². The number of cyclic esters (lactones) is 1. The molecule has 78 valence electrons. The molecular formula is C10H14O4. The van der Waals surface area contributed by atoms with Crippen molar-refractivity contribution >= 4 is 5.97 Å². The van der Waals surface area contributed by atoms with E-state index in [2.05, 4.69) is 0 Å². The molecule has 3 fully saturated rings. The number of aliphatic hydroxyl groups is 1. The van der Waals surface area contributed by atoms with E-state index in [1.807, 2.05) is 0 Å². The fourth-order valence-corrected chi connectivity index (χ4v) is 3.61. The number of aliphatic hydroxyl groups excluding tert-OH is 1. The van der Waals surface area contributed by atoms with E-state index < -0.39 is 6.10 Å². The van der Waals surface area contributed by atoms with E-state index in [1.165, 1.54) is 0 Å². The molecular weight excluding hydrogens is 184 g/mol. The fraction of sp³-hybridized carbons (Fsp3) is 0.900. The van der Waals surface area contributed by atoms with E-state index in [9.17, 15) is 9.90 Å². The molecule has 4 heteroatoms. The first kappa shape index (κ1) is 8.68. The van der Waals surface area contributed by atoms with Gasteiger partial charge in [0.05, 0.1) is 24.7 Å². The zero-order chi connectivity index (χ0) is 9.87. The van der Waals surface area contributed by atoms with Crippen molar-refractivity contribution < 1.29 is 19.4 Å². The minimum atomic E-state index is -0.475. The quantitative estimate of drug-likeness (QED) is 0.593. The number of carbonyl (C=O) groups excluding carboxylic acids is 1. The minimum Gasteiger partial charge on any atom is -0.465 e. The molecule has 14 heavy (non-hydrogen) atoms. The van der Waals surface area contributed by atoms with Gasteiger partial charge in [-0.3, -0.25) is 4.79 Å². The predicted octanol–water partition coefficient (Wildman–Crippen LogP) is -0.199. The van der Waals surface area contributed by atoms with Gasteiger partial charge in [0, 0.05) is 18.9 Å². The van der Waals surface area contributed by atoms with Gasteiger partial charge in [-0.15, -0.1) is 0 Å².